The van der Waals surface area contributed by atoms with Gasteiger partial charge in [-0.25, -0.2) is 9.18 Å². The quantitative estimate of drug-likeness (QED) is 0.0952. The van der Waals surface area contributed by atoms with Gasteiger partial charge in [0.05, 0.1) is 29.0 Å². The van der Waals surface area contributed by atoms with Crippen molar-refractivity contribution in [3.63, 3.8) is 0 Å². The van der Waals surface area contributed by atoms with Gasteiger partial charge in [-0.05, 0) is 88.0 Å². The number of carboxylic acid groups (broad SMARTS) is 1. The summed E-state index contributed by atoms with van der Waals surface area (Å²) in [5.41, 5.74) is 3.69. The third kappa shape index (κ3) is 8.69. The number of anilines is 1. The van der Waals surface area contributed by atoms with Gasteiger partial charge in [-0.15, -0.1) is 5.10 Å². The number of fused-ring (bicyclic) bond motifs is 1. The molecule has 2 amide bonds. The van der Waals surface area contributed by atoms with E-state index in [1.807, 2.05) is 17.0 Å². The van der Waals surface area contributed by atoms with Crippen LogP contribution in [0.4, 0.5) is 10.1 Å². The van der Waals surface area contributed by atoms with Crippen molar-refractivity contribution in [3.05, 3.63) is 112 Å². The predicted molar refractivity (Wildman–Crippen MR) is 200 cm³/mol. The first-order valence-corrected chi connectivity index (χ1v) is 18.0. The summed E-state index contributed by atoms with van der Waals surface area (Å²) in [6.45, 7) is 0.159. The Morgan fingerprint density at radius 3 is 2.39 bits per heavy atom. The first-order valence-electron chi connectivity index (χ1n) is 17.6. The number of hydrogen-bond donors (Lipinski definition) is 7. The lowest BCUT2D eigenvalue weighted by Crippen LogP contribution is -2.50. The lowest BCUT2D eigenvalue weighted by molar-refractivity contribution is -0.135. The molecule has 6 rings (SSSR count). The number of tetrazole rings is 1. The molecule has 0 radical (unpaired) electrons. The molecule has 0 spiro atoms. The van der Waals surface area contributed by atoms with Gasteiger partial charge >= 0.3 is 5.97 Å². The summed E-state index contributed by atoms with van der Waals surface area (Å²) >= 11 is 6.08. The van der Waals surface area contributed by atoms with Gasteiger partial charge in [-0.1, -0.05) is 35.9 Å². The number of rotatable bonds is 13. The highest BCUT2D eigenvalue weighted by Gasteiger charge is 2.37. The molecule has 1 aromatic heterocycles. The number of β-amino-alcohol motifs (C(OH)–C–C–N with tert-alkyl or cyclic N) is 1. The second-order valence-electron chi connectivity index (χ2n) is 13.3. The van der Waals surface area contributed by atoms with Crippen LogP contribution in [0.1, 0.15) is 45.1 Å². The van der Waals surface area contributed by atoms with Crippen molar-refractivity contribution >= 4 is 46.7 Å². The number of carbonyl (C=O) groups excluding carboxylic acids is 2. The van der Waals surface area contributed by atoms with Gasteiger partial charge in [0.15, 0.2) is 5.82 Å². The van der Waals surface area contributed by atoms with Crippen LogP contribution >= 0.6 is 11.6 Å². The maximum Gasteiger partial charge on any atom is 0.335 e. The molecule has 0 fully saturated rings. The smallest absolute Gasteiger partial charge is 0.335 e. The summed E-state index contributed by atoms with van der Waals surface area (Å²) in [6.07, 6.45) is 0.0740. The zero-order chi connectivity index (χ0) is 40.1. The molecule has 7 N–H and O–H groups in total. The zero-order valence-corrected chi connectivity index (χ0v) is 30.4. The van der Waals surface area contributed by atoms with Crippen LogP contribution in [0, 0.1) is 5.82 Å². The number of carboxylic acids is 1. The van der Waals surface area contributed by atoms with E-state index in [9.17, 15) is 39.9 Å². The molecule has 56 heavy (non-hydrogen) atoms. The molecule has 2 aliphatic rings. The van der Waals surface area contributed by atoms with Gasteiger partial charge in [0, 0.05) is 43.5 Å². The van der Waals surface area contributed by atoms with Gasteiger partial charge in [0.1, 0.15) is 30.7 Å². The molecule has 0 aliphatic carbocycles. The molecule has 0 saturated heterocycles. The SMILES string of the molecule is O=C(O)c1ccc(NC(=O)C2c3cccc(C4=CCN(C[C@H](O)[C@@H](O)[C@H](O)[C@H](O)CO)CC4)c3CCN2C(=O)/C=C/c2c(-n3cnnn3)ccc(Cl)c2F)cc1. The van der Waals surface area contributed by atoms with Gasteiger partial charge in [0.25, 0.3) is 5.91 Å². The number of aliphatic hydroxyl groups excluding tert-OH is 5. The number of aliphatic hydroxyl groups is 5. The van der Waals surface area contributed by atoms with Crippen molar-refractivity contribution in [2.75, 3.05) is 38.1 Å². The Morgan fingerprint density at radius 2 is 1.73 bits per heavy atom. The van der Waals surface area contributed by atoms with Crippen LogP contribution in [0.5, 0.6) is 0 Å². The van der Waals surface area contributed by atoms with E-state index < -0.39 is 60.7 Å². The van der Waals surface area contributed by atoms with Crippen molar-refractivity contribution in [2.45, 2.75) is 43.3 Å². The number of nitrogens with one attached hydrogen (secondary N) is 1. The minimum atomic E-state index is -1.73. The molecule has 0 bridgehead atoms. The van der Waals surface area contributed by atoms with Gasteiger partial charge in [-0.2, -0.15) is 4.68 Å². The van der Waals surface area contributed by atoms with Crippen molar-refractivity contribution in [1.82, 2.24) is 30.0 Å². The van der Waals surface area contributed by atoms with Crippen LogP contribution in [0.2, 0.25) is 5.02 Å². The topological polar surface area (TPSA) is 235 Å². The summed E-state index contributed by atoms with van der Waals surface area (Å²) < 4.78 is 16.6. The lowest BCUT2D eigenvalue weighted by Gasteiger charge is -2.37. The second-order valence-corrected chi connectivity index (χ2v) is 13.8. The van der Waals surface area contributed by atoms with E-state index in [2.05, 4.69) is 20.8 Å². The standard InChI is InChI=1S/C38H39ClFN7O9/c39-28-9-10-29(47-20-41-43-44-47)27(33(28)40)8-11-32(51)46-17-14-25-24(21-12-15-45(16-13-21)18-30(49)35(52)36(53)31(50)19-48)2-1-3-26(25)34(46)37(54)42-23-6-4-22(5-7-23)38(55)56/h1-12,20,30-31,34-36,48-50,52-53H,13-19H2,(H,42,54)(H,55,56)/b11-8+/t30-,31+,34?,35+,36+/m0/s1. The number of aromatic carboxylic acids is 1. The normalized spacial score (nSPS) is 18.2. The number of halogens is 2. The number of amides is 2. The summed E-state index contributed by atoms with van der Waals surface area (Å²) in [4.78, 5) is 42.8. The first-order chi connectivity index (χ1) is 26.9. The molecule has 3 aromatic carbocycles. The summed E-state index contributed by atoms with van der Waals surface area (Å²) in [6, 6.07) is 12.7. The van der Waals surface area contributed by atoms with Crippen LogP contribution in [0.3, 0.4) is 0 Å². The molecule has 2 aliphatic heterocycles. The number of aromatic nitrogens is 4. The van der Waals surface area contributed by atoms with E-state index >= 15 is 4.39 Å². The van der Waals surface area contributed by atoms with Crippen LogP contribution in [0.25, 0.3) is 17.3 Å². The Bertz CT molecular complexity index is 2130. The summed E-state index contributed by atoms with van der Waals surface area (Å²) in [5.74, 6) is -3.11. The molecule has 3 heterocycles. The van der Waals surface area contributed by atoms with E-state index in [0.29, 0.717) is 37.2 Å². The Morgan fingerprint density at radius 1 is 0.982 bits per heavy atom. The maximum absolute atomic E-state index is 15.3. The zero-order valence-electron chi connectivity index (χ0n) is 29.7. The van der Waals surface area contributed by atoms with Gasteiger partial charge in [-0.3, -0.25) is 14.5 Å². The van der Waals surface area contributed by atoms with E-state index in [-0.39, 0.29) is 34.9 Å². The molecule has 1 unspecified atom stereocenters. The monoisotopic (exact) mass is 791 g/mol. The highest BCUT2D eigenvalue weighted by molar-refractivity contribution is 6.31. The molecule has 5 atom stereocenters. The number of benzene rings is 3. The van der Waals surface area contributed by atoms with E-state index in [4.69, 9.17) is 16.7 Å². The first kappa shape index (κ1) is 40.3. The fourth-order valence-electron chi connectivity index (χ4n) is 6.89. The molecular formula is C38H39ClFN7O9. The highest BCUT2D eigenvalue weighted by atomic mass is 35.5. The fraction of sp³-hybridized carbons (Fsp3) is 0.316. The maximum atomic E-state index is 15.3. The van der Waals surface area contributed by atoms with Crippen molar-refractivity contribution in [1.29, 1.82) is 0 Å². The Balaban J connectivity index is 1.28. The summed E-state index contributed by atoms with van der Waals surface area (Å²) in [5, 5.41) is 72.5. The number of carbonyl (C=O) groups is 3. The third-order valence-corrected chi connectivity index (χ3v) is 10.2. The van der Waals surface area contributed by atoms with Crippen LogP contribution < -0.4 is 5.32 Å². The number of nitrogens with zero attached hydrogens (tertiary/aromatic N) is 6. The molecule has 0 saturated carbocycles. The minimum Gasteiger partial charge on any atom is -0.478 e. The molecule has 4 aromatic rings. The van der Waals surface area contributed by atoms with Crippen LogP contribution in [-0.2, 0) is 16.0 Å². The fourth-order valence-corrected chi connectivity index (χ4v) is 7.06. The minimum absolute atomic E-state index is 0.0103. The highest BCUT2D eigenvalue weighted by Crippen LogP contribution is 2.37. The Hall–Kier alpha value is -5.40. The molecule has 294 valence electrons. The van der Waals surface area contributed by atoms with E-state index in [1.165, 1.54) is 58.4 Å². The average Bonchev–Trinajstić information content (AvgIpc) is 3.75. The lowest BCUT2D eigenvalue weighted by atomic mass is 9.84. The van der Waals surface area contributed by atoms with Crippen LogP contribution in [0.15, 0.2) is 73.1 Å². The molecular weight excluding hydrogens is 753 g/mol. The molecule has 16 nitrogen and oxygen atoms in total. The van der Waals surface area contributed by atoms with Crippen molar-refractivity contribution in [3.8, 4) is 5.69 Å². The second kappa shape index (κ2) is 17.6. The Kier molecular flexibility index (Phi) is 12.7. The van der Waals surface area contributed by atoms with Gasteiger partial charge < -0.3 is 40.9 Å². The molecule has 18 heteroatoms. The van der Waals surface area contributed by atoms with E-state index in [0.717, 1.165) is 22.8 Å². The van der Waals surface area contributed by atoms with Crippen molar-refractivity contribution in [2.24, 2.45) is 0 Å². The largest absolute Gasteiger partial charge is 0.478 e. The summed E-state index contributed by atoms with van der Waals surface area (Å²) in [7, 11) is 0. The number of hydrogen-bond acceptors (Lipinski definition) is 12. The third-order valence-electron chi connectivity index (χ3n) is 9.86. The van der Waals surface area contributed by atoms with Crippen LogP contribution in [-0.4, -0.2) is 136 Å². The van der Waals surface area contributed by atoms with Gasteiger partial charge in [0.2, 0.25) is 5.91 Å². The van der Waals surface area contributed by atoms with Crippen molar-refractivity contribution < 1.29 is 49.4 Å². The average molecular weight is 792 g/mol. The Labute approximate surface area is 324 Å². The predicted octanol–water partition coefficient (Wildman–Crippen LogP) is 1.46. The van der Waals surface area contributed by atoms with E-state index in [1.54, 1.807) is 12.1 Å².